The topological polar surface area (TPSA) is 116 Å². The maximum Gasteiger partial charge on any atom is 0.251 e. The first-order chi connectivity index (χ1) is 17.2. The van der Waals surface area contributed by atoms with E-state index in [1.807, 2.05) is 7.05 Å². The lowest BCUT2D eigenvalue weighted by Crippen LogP contribution is -2.47. The Balaban J connectivity index is 1.28. The molecule has 0 aliphatic carbocycles. The van der Waals surface area contributed by atoms with Crippen LogP contribution in [0.1, 0.15) is 23.2 Å². The molecule has 2 aromatic carbocycles. The van der Waals surface area contributed by atoms with Crippen molar-refractivity contribution in [3.8, 4) is 5.75 Å². The summed E-state index contributed by atoms with van der Waals surface area (Å²) in [5.74, 6) is 0.0889. The summed E-state index contributed by atoms with van der Waals surface area (Å²) in [4.78, 5) is 15.0. The van der Waals surface area contributed by atoms with E-state index in [9.17, 15) is 21.6 Å². The lowest BCUT2D eigenvalue weighted by Gasteiger charge is -2.31. The Labute approximate surface area is 212 Å². The zero-order valence-corrected chi connectivity index (χ0v) is 21.9. The average Bonchev–Trinajstić information content (AvgIpc) is 3.43. The second-order valence-corrected chi connectivity index (χ2v) is 12.8. The van der Waals surface area contributed by atoms with Gasteiger partial charge in [0.2, 0.25) is 20.0 Å². The van der Waals surface area contributed by atoms with E-state index >= 15 is 0 Å². The average molecular weight is 537 g/mol. The first-order valence-corrected chi connectivity index (χ1v) is 14.9. The van der Waals surface area contributed by atoms with E-state index in [-0.39, 0.29) is 28.5 Å². The van der Waals surface area contributed by atoms with E-state index in [1.54, 1.807) is 24.3 Å². The molecule has 2 heterocycles. The van der Waals surface area contributed by atoms with Crippen molar-refractivity contribution in [2.45, 2.75) is 22.6 Å². The van der Waals surface area contributed by atoms with Gasteiger partial charge in [-0.25, -0.2) is 16.8 Å². The van der Waals surface area contributed by atoms with Gasteiger partial charge in [-0.1, -0.05) is 6.07 Å². The summed E-state index contributed by atoms with van der Waals surface area (Å²) >= 11 is 0. The van der Waals surface area contributed by atoms with Crippen molar-refractivity contribution in [2.24, 2.45) is 0 Å². The number of sulfonamides is 2. The van der Waals surface area contributed by atoms with Crippen LogP contribution < -0.4 is 10.1 Å². The molecular weight excluding hydrogens is 504 g/mol. The normalized spacial score (nSPS) is 18.2. The van der Waals surface area contributed by atoms with Crippen LogP contribution in [0.3, 0.4) is 0 Å². The molecule has 2 fully saturated rings. The Kier molecular flexibility index (Phi) is 8.30. The monoisotopic (exact) mass is 536 g/mol. The number of piperazine rings is 1. The van der Waals surface area contributed by atoms with E-state index in [2.05, 4.69) is 10.2 Å². The molecule has 2 aliphatic rings. The van der Waals surface area contributed by atoms with Gasteiger partial charge in [-0.05, 0) is 62.4 Å². The molecule has 2 aliphatic heterocycles. The minimum Gasteiger partial charge on any atom is -0.492 e. The van der Waals surface area contributed by atoms with E-state index in [0.29, 0.717) is 45.0 Å². The Morgan fingerprint density at radius 2 is 1.44 bits per heavy atom. The molecule has 2 saturated heterocycles. The lowest BCUT2D eigenvalue weighted by atomic mass is 10.2. The molecule has 0 aromatic heterocycles. The fourth-order valence-electron chi connectivity index (χ4n) is 4.20. The minimum atomic E-state index is -3.67. The fourth-order valence-corrected chi connectivity index (χ4v) is 7.18. The highest BCUT2D eigenvalue weighted by atomic mass is 32.2. The highest BCUT2D eigenvalue weighted by Crippen LogP contribution is 2.23. The molecule has 1 amide bonds. The van der Waals surface area contributed by atoms with Crippen LogP contribution in [0.5, 0.6) is 5.75 Å². The SMILES string of the molecule is CN1CCN(S(=O)(=O)c2cccc(C(=O)NCCOc3ccc(S(=O)(=O)N4CCCC4)cc3)c2)CC1. The molecular formula is C24H32N4O6S2. The maximum atomic E-state index is 13.0. The van der Waals surface area contributed by atoms with Crippen LogP contribution in [0.15, 0.2) is 58.3 Å². The van der Waals surface area contributed by atoms with Gasteiger partial charge in [0.1, 0.15) is 12.4 Å². The zero-order chi connectivity index (χ0) is 25.8. The summed E-state index contributed by atoms with van der Waals surface area (Å²) in [6.45, 7) is 3.61. The Morgan fingerprint density at radius 3 is 2.11 bits per heavy atom. The summed E-state index contributed by atoms with van der Waals surface area (Å²) in [7, 11) is -5.19. The van der Waals surface area contributed by atoms with E-state index in [0.717, 1.165) is 12.8 Å². The van der Waals surface area contributed by atoms with Gasteiger partial charge >= 0.3 is 0 Å². The molecule has 2 aromatic rings. The number of nitrogens with one attached hydrogen (secondary N) is 1. The van der Waals surface area contributed by atoms with Crippen molar-refractivity contribution in [3.05, 3.63) is 54.1 Å². The number of benzene rings is 2. The van der Waals surface area contributed by atoms with Crippen molar-refractivity contribution in [1.82, 2.24) is 18.8 Å². The van der Waals surface area contributed by atoms with E-state index < -0.39 is 26.0 Å². The molecule has 12 heteroatoms. The van der Waals surface area contributed by atoms with Crippen molar-refractivity contribution in [2.75, 3.05) is 59.5 Å². The van der Waals surface area contributed by atoms with Crippen molar-refractivity contribution in [3.63, 3.8) is 0 Å². The van der Waals surface area contributed by atoms with Crippen LogP contribution in [0.25, 0.3) is 0 Å². The standard InChI is InChI=1S/C24H32N4O6S2/c1-26-14-16-28(17-15-26)36(32,33)23-6-4-5-20(19-23)24(29)25-11-18-34-21-7-9-22(10-8-21)35(30,31)27-12-2-3-13-27/h4-10,19H,2-3,11-18H2,1H3,(H,25,29). The second-order valence-electron chi connectivity index (χ2n) is 8.92. The highest BCUT2D eigenvalue weighted by Gasteiger charge is 2.28. The fraction of sp³-hybridized carbons (Fsp3) is 0.458. The third-order valence-electron chi connectivity index (χ3n) is 6.38. The third kappa shape index (κ3) is 6.06. The van der Waals surface area contributed by atoms with Crippen LogP contribution in [-0.2, 0) is 20.0 Å². The maximum absolute atomic E-state index is 13.0. The van der Waals surface area contributed by atoms with Crippen molar-refractivity contribution < 1.29 is 26.4 Å². The van der Waals surface area contributed by atoms with Gasteiger partial charge in [0.25, 0.3) is 5.91 Å². The number of hydrogen-bond donors (Lipinski definition) is 1. The number of amides is 1. The van der Waals surface area contributed by atoms with Crippen LogP contribution in [0.2, 0.25) is 0 Å². The molecule has 36 heavy (non-hydrogen) atoms. The first kappa shape index (κ1) is 26.6. The van der Waals surface area contributed by atoms with Gasteiger partial charge < -0.3 is 15.0 Å². The smallest absolute Gasteiger partial charge is 0.251 e. The van der Waals surface area contributed by atoms with Crippen molar-refractivity contribution in [1.29, 1.82) is 0 Å². The van der Waals surface area contributed by atoms with Crippen LogP contribution in [0, 0.1) is 0 Å². The number of rotatable bonds is 9. The largest absolute Gasteiger partial charge is 0.492 e. The molecule has 10 nitrogen and oxygen atoms in total. The Bertz CT molecular complexity index is 1270. The van der Waals surface area contributed by atoms with Crippen LogP contribution in [0.4, 0.5) is 0 Å². The molecule has 0 radical (unpaired) electrons. The zero-order valence-electron chi connectivity index (χ0n) is 20.3. The molecule has 0 atom stereocenters. The lowest BCUT2D eigenvalue weighted by molar-refractivity contribution is 0.0946. The number of ether oxygens (including phenoxy) is 1. The first-order valence-electron chi connectivity index (χ1n) is 12.0. The van der Waals surface area contributed by atoms with E-state index in [4.69, 9.17) is 4.74 Å². The quantitative estimate of drug-likeness (QED) is 0.479. The minimum absolute atomic E-state index is 0.0972. The predicted molar refractivity (Wildman–Crippen MR) is 135 cm³/mol. The summed E-state index contributed by atoms with van der Waals surface area (Å²) in [6, 6.07) is 12.3. The molecule has 4 rings (SSSR count). The number of hydrogen-bond acceptors (Lipinski definition) is 7. The molecule has 0 saturated carbocycles. The van der Waals surface area contributed by atoms with Gasteiger partial charge in [0.15, 0.2) is 0 Å². The predicted octanol–water partition coefficient (Wildman–Crippen LogP) is 1.22. The number of nitrogens with zero attached hydrogens (tertiary/aromatic N) is 3. The summed E-state index contributed by atoms with van der Waals surface area (Å²) in [5, 5.41) is 2.72. The Morgan fingerprint density at radius 1 is 0.833 bits per heavy atom. The Hall–Kier alpha value is -2.51. The molecule has 0 spiro atoms. The molecule has 0 bridgehead atoms. The summed E-state index contributed by atoms with van der Waals surface area (Å²) < 4.78 is 59.7. The van der Waals surface area contributed by atoms with Gasteiger partial charge in [-0.2, -0.15) is 8.61 Å². The van der Waals surface area contributed by atoms with Gasteiger partial charge in [0.05, 0.1) is 16.3 Å². The number of carbonyl (C=O) groups excluding carboxylic acids is 1. The number of carbonyl (C=O) groups is 1. The van der Waals surface area contributed by atoms with Crippen molar-refractivity contribution >= 4 is 26.0 Å². The van der Waals surface area contributed by atoms with E-state index in [1.165, 1.54) is 32.9 Å². The van der Waals surface area contributed by atoms with Gasteiger partial charge in [0, 0.05) is 44.8 Å². The second kappa shape index (κ2) is 11.3. The number of likely N-dealkylation sites (N-methyl/N-ethyl adjacent to an activating group) is 1. The third-order valence-corrected chi connectivity index (χ3v) is 10.2. The highest BCUT2D eigenvalue weighted by molar-refractivity contribution is 7.89. The van der Waals surface area contributed by atoms with Crippen LogP contribution in [-0.4, -0.2) is 95.7 Å². The summed E-state index contributed by atoms with van der Waals surface area (Å²) in [6.07, 6.45) is 1.75. The van der Waals surface area contributed by atoms with Crippen LogP contribution >= 0.6 is 0 Å². The molecule has 1 N–H and O–H groups in total. The van der Waals surface area contributed by atoms with Gasteiger partial charge in [-0.3, -0.25) is 4.79 Å². The molecule has 0 unspecified atom stereocenters. The summed E-state index contributed by atoms with van der Waals surface area (Å²) in [5.41, 5.74) is 0.252. The van der Waals surface area contributed by atoms with Gasteiger partial charge in [-0.15, -0.1) is 0 Å². The molecule has 196 valence electrons.